The summed E-state index contributed by atoms with van der Waals surface area (Å²) in [5.74, 6) is 0. The van der Waals surface area contributed by atoms with E-state index in [0.29, 0.717) is 4.58 Å². The fraction of sp³-hybridized carbons (Fsp3) is 0.250. The summed E-state index contributed by atoms with van der Waals surface area (Å²) in [6, 6.07) is 0. The van der Waals surface area contributed by atoms with Crippen molar-refractivity contribution < 1.29 is 0 Å². The van der Waals surface area contributed by atoms with Gasteiger partial charge in [-0.1, -0.05) is 21.6 Å². The Hall–Kier alpha value is -0.130. The van der Waals surface area contributed by atoms with Crippen molar-refractivity contribution in [2.45, 2.75) is 11.5 Å². The van der Waals surface area contributed by atoms with E-state index in [9.17, 15) is 0 Å². The predicted molar refractivity (Wildman–Crippen MR) is 62.6 cm³/mol. The lowest BCUT2D eigenvalue weighted by atomic mass is 10.2. The molecule has 1 aliphatic rings. The van der Waals surface area contributed by atoms with Gasteiger partial charge in [-0.3, -0.25) is 9.97 Å². The van der Waals surface area contributed by atoms with Crippen LogP contribution in [0.3, 0.4) is 0 Å². The van der Waals surface area contributed by atoms with Gasteiger partial charge in [0.1, 0.15) is 0 Å². The zero-order valence-electron chi connectivity index (χ0n) is 6.97. The summed E-state index contributed by atoms with van der Waals surface area (Å²) >= 11 is 4.43. The van der Waals surface area contributed by atoms with E-state index >= 15 is 0 Å². The summed E-state index contributed by atoms with van der Waals surface area (Å²) in [6.07, 6.45) is 5.19. The van der Waals surface area contributed by atoms with Crippen LogP contribution in [-0.2, 0) is 0 Å². The molecule has 0 saturated carbocycles. The fourth-order valence-corrected chi connectivity index (χ4v) is 4.22. The Morgan fingerprint density at radius 1 is 1.46 bits per heavy atom. The Balaban J connectivity index is 2.38. The van der Waals surface area contributed by atoms with Gasteiger partial charge in [0.2, 0.25) is 0 Å². The Morgan fingerprint density at radius 2 is 2.31 bits per heavy atom. The van der Waals surface area contributed by atoms with E-state index in [4.69, 9.17) is 0 Å². The first-order valence-electron chi connectivity index (χ1n) is 3.77. The predicted octanol–water partition coefficient (Wildman–Crippen LogP) is 2.86. The van der Waals surface area contributed by atoms with Crippen molar-refractivity contribution in [3.8, 4) is 0 Å². The third-order valence-electron chi connectivity index (χ3n) is 1.75. The first-order chi connectivity index (χ1) is 6.29. The third kappa shape index (κ3) is 1.87. The summed E-state index contributed by atoms with van der Waals surface area (Å²) in [7, 11) is 3.48. The van der Waals surface area contributed by atoms with Gasteiger partial charge in [-0.2, -0.15) is 12.6 Å². The number of hydrogen-bond acceptors (Lipinski definition) is 5. The molecular weight excluding hydrogens is 220 g/mol. The number of thiol groups is 1. The van der Waals surface area contributed by atoms with Crippen LogP contribution in [0.1, 0.15) is 12.6 Å². The zero-order chi connectivity index (χ0) is 9.26. The van der Waals surface area contributed by atoms with Crippen molar-refractivity contribution in [3.63, 3.8) is 0 Å². The Morgan fingerprint density at radius 3 is 2.85 bits per heavy atom. The molecule has 0 bridgehead atoms. The molecule has 0 spiro atoms. The van der Waals surface area contributed by atoms with E-state index in [2.05, 4.69) is 29.5 Å². The minimum Gasteiger partial charge on any atom is -0.261 e. The van der Waals surface area contributed by atoms with Crippen LogP contribution in [0.25, 0.3) is 4.91 Å². The Kier molecular flexibility index (Phi) is 2.86. The number of rotatable bonds is 1. The van der Waals surface area contributed by atoms with E-state index in [1.807, 2.05) is 0 Å². The van der Waals surface area contributed by atoms with Crippen molar-refractivity contribution in [2.75, 3.05) is 0 Å². The monoisotopic (exact) mass is 228 g/mol. The van der Waals surface area contributed by atoms with Crippen LogP contribution in [0.15, 0.2) is 24.2 Å². The zero-order valence-corrected chi connectivity index (χ0v) is 9.49. The fourth-order valence-electron chi connectivity index (χ4n) is 1.00. The smallest absolute Gasteiger partial charge is 0.0957 e. The highest BCUT2D eigenvalue weighted by atomic mass is 33.1. The Labute approximate surface area is 90.4 Å². The van der Waals surface area contributed by atoms with Crippen LogP contribution in [0.4, 0.5) is 0 Å². The summed E-state index contributed by atoms with van der Waals surface area (Å²) in [5.41, 5.74) is 2.23. The second-order valence-corrected chi connectivity index (χ2v) is 5.82. The molecule has 1 aromatic heterocycles. The van der Waals surface area contributed by atoms with Gasteiger partial charge < -0.3 is 0 Å². The van der Waals surface area contributed by atoms with Crippen molar-refractivity contribution in [2.24, 2.45) is 0 Å². The maximum Gasteiger partial charge on any atom is 0.0957 e. The van der Waals surface area contributed by atoms with Gasteiger partial charge in [0.15, 0.2) is 0 Å². The highest BCUT2D eigenvalue weighted by molar-refractivity contribution is 8.82. The van der Waals surface area contributed by atoms with E-state index in [-0.39, 0.29) is 0 Å². The molecule has 1 atom stereocenters. The summed E-state index contributed by atoms with van der Waals surface area (Å²) in [5, 5.41) is 0. The van der Waals surface area contributed by atoms with Crippen LogP contribution >= 0.6 is 34.2 Å². The molecule has 68 valence electrons. The SMILES string of the molecule is CC1=C(c2cnccn2)SSC1S. The topological polar surface area (TPSA) is 25.8 Å². The van der Waals surface area contributed by atoms with Gasteiger partial charge in [0, 0.05) is 17.3 Å². The van der Waals surface area contributed by atoms with Gasteiger partial charge >= 0.3 is 0 Å². The first kappa shape index (κ1) is 9.43. The molecule has 0 fully saturated rings. The molecule has 13 heavy (non-hydrogen) atoms. The van der Waals surface area contributed by atoms with Crippen LogP contribution < -0.4 is 0 Å². The van der Waals surface area contributed by atoms with Gasteiger partial charge in [0.05, 0.1) is 16.5 Å². The lowest BCUT2D eigenvalue weighted by molar-refractivity contribution is 1.17. The maximum absolute atomic E-state index is 4.43. The highest BCUT2D eigenvalue weighted by Crippen LogP contribution is 2.51. The van der Waals surface area contributed by atoms with Gasteiger partial charge in [0.25, 0.3) is 0 Å². The van der Waals surface area contributed by atoms with Gasteiger partial charge in [-0.15, -0.1) is 0 Å². The van der Waals surface area contributed by atoms with Crippen LogP contribution in [0.2, 0.25) is 0 Å². The first-order valence-corrected chi connectivity index (χ1v) is 6.50. The summed E-state index contributed by atoms with van der Waals surface area (Å²) in [6.45, 7) is 2.09. The molecular formula is C8H8N2S3. The number of nitrogens with zero attached hydrogens (tertiary/aromatic N) is 2. The number of hydrogen-bond donors (Lipinski definition) is 1. The molecule has 0 saturated heterocycles. The maximum atomic E-state index is 4.43. The number of aromatic nitrogens is 2. The minimum absolute atomic E-state index is 0.294. The molecule has 1 aliphatic heterocycles. The second-order valence-electron chi connectivity index (χ2n) is 2.63. The van der Waals surface area contributed by atoms with Gasteiger partial charge in [-0.05, 0) is 12.5 Å². The molecule has 0 aliphatic carbocycles. The lowest BCUT2D eigenvalue weighted by Gasteiger charge is -2.00. The van der Waals surface area contributed by atoms with E-state index in [1.54, 1.807) is 40.2 Å². The largest absolute Gasteiger partial charge is 0.261 e. The quantitative estimate of drug-likeness (QED) is 0.590. The average Bonchev–Trinajstić information content (AvgIpc) is 2.49. The third-order valence-corrected chi connectivity index (χ3v) is 5.57. The molecule has 2 rings (SSSR count). The summed E-state index contributed by atoms with van der Waals surface area (Å²) in [4.78, 5) is 9.51. The van der Waals surface area contributed by atoms with Crippen LogP contribution in [-0.4, -0.2) is 14.5 Å². The molecule has 2 heterocycles. The molecule has 0 N–H and O–H groups in total. The van der Waals surface area contributed by atoms with Crippen molar-refractivity contribution in [1.82, 2.24) is 9.97 Å². The summed E-state index contributed by atoms with van der Waals surface area (Å²) < 4.78 is 0.294. The van der Waals surface area contributed by atoms with E-state index in [1.165, 1.54) is 10.5 Å². The minimum atomic E-state index is 0.294. The highest BCUT2D eigenvalue weighted by Gasteiger charge is 2.22. The molecule has 2 nitrogen and oxygen atoms in total. The molecule has 0 amide bonds. The van der Waals surface area contributed by atoms with Crippen LogP contribution in [0, 0.1) is 0 Å². The lowest BCUT2D eigenvalue weighted by Crippen LogP contribution is -1.91. The normalized spacial score (nSPS) is 22.5. The van der Waals surface area contributed by atoms with Crippen LogP contribution in [0.5, 0.6) is 0 Å². The van der Waals surface area contributed by atoms with E-state index < -0.39 is 0 Å². The standard InChI is InChI=1S/C8H8N2S3/c1-5-7(12-13-8(5)11)6-4-9-2-3-10-6/h2-4,8,11H,1H3. The van der Waals surface area contributed by atoms with Crippen molar-refractivity contribution in [1.29, 1.82) is 0 Å². The Bertz CT molecular complexity index is 337. The molecule has 5 heteroatoms. The average molecular weight is 228 g/mol. The molecule has 0 radical (unpaired) electrons. The van der Waals surface area contributed by atoms with Crippen molar-refractivity contribution in [3.05, 3.63) is 29.9 Å². The van der Waals surface area contributed by atoms with Crippen molar-refractivity contribution >= 4 is 39.1 Å². The molecule has 0 aromatic carbocycles. The van der Waals surface area contributed by atoms with Gasteiger partial charge in [-0.25, -0.2) is 0 Å². The molecule has 1 aromatic rings. The molecule has 1 unspecified atom stereocenters. The van der Waals surface area contributed by atoms with E-state index in [0.717, 1.165) is 5.69 Å². The second kappa shape index (κ2) is 3.94.